The lowest BCUT2D eigenvalue weighted by Crippen LogP contribution is -2.28. The summed E-state index contributed by atoms with van der Waals surface area (Å²) in [6.45, 7) is 4.13. The van der Waals surface area contributed by atoms with Crippen LogP contribution < -0.4 is 10.7 Å². The van der Waals surface area contributed by atoms with Crippen LogP contribution in [-0.4, -0.2) is 18.4 Å². The maximum atomic E-state index is 4.89. The Balaban J connectivity index is 2.68. The highest BCUT2D eigenvalue weighted by atomic mass is 32.1. The molecule has 0 saturated heterocycles. The maximum Gasteiger partial charge on any atom is 0.186 e. The van der Waals surface area contributed by atoms with Crippen molar-refractivity contribution < 1.29 is 0 Å². The van der Waals surface area contributed by atoms with E-state index in [2.05, 4.69) is 41.8 Å². The average molecular weight is 221 g/mol. The molecule has 0 saturated carbocycles. The van der Waals surface area contributed by atoms with Crippen LogP contribution in [0.2, 0.25) is 0 Å². The Hall–Kier alpha value is -1.42. The first kappa shape index (κ1) is 11.7. The lowest BCUT2D eigenvalue weighted by Gasteiger charge is -2.02. The number of rotatable bonds is 2. The van der Waals surface area contributed by atoms with E-state index in [1.807, 2.05) is 6.07 Å². The SMILES string of the molecule is CNC(=S)N/N=C/c1ccc(C)cc1C. The van der Waals surface area contributed by atoms with Gasteiger partial charge in [-0.05, 0) is 37.2 Å². The van der Waals surface area contributed by atoms with Crippen molar-refractivity contribution in [2.45, 2.75) is 13.8 Å². The number of benzene rings is 1. The van der Waals surface area contributed by atoms with Gasteiger partial charge in [0.1, 0.15) is 0 Å². The third-order valence-electron chi connectivity index (χ3n) is 2.02. The number of nitrogens with zero attached hydrogens (tertiary/aromatic N) is 1. The van der Waals surface area contributed by atoms with Crippen LogP contribution in [-0.2, 0) is 0 Å². The number of hydrogen-bond donors (Lipinski definition) is 2. The van der Waals surface area contributed by atoms with Gasteiger partial charge >= 0.3 is 0 Å². The Morgan fingerprint density at radius 1 is 1.40 bits per heavy atom. The van der Waals surface area contributed by atoms with E-state index in [4.69, 9.17) is 12.2 Å². The van der Waals surface area contributed by atoms with Gasteiger partial charge in [-0.2, -0.15) is 5.10 Å². The van der Waals surface area contributed by atoms with Crippen LogP contribution in [0.5, 0.6) is 0 Å². The molecule has 1 rings (SSSR count). The van der Waals surface area contributed by atoms with Crippen molar-refractivity contribution in [3.05, 3.63) is 34.9 Å². The van der Waals surface area contributed by atoms with E-state index in [0.717, 1.165) is 5.56 Å². The predicted molar refractivity (Wildman–Crippen MR) is 68.3 cm³/mol. The first-order chi connectivity index (χ1) is 7.13. The summed E-state index contributed by atoms with van der Waals surface area (Å²) in [5, 5.41) is 7.32. The fourth-order valence-electron chi connectivity index (χ4n) is 1.19. The molecule has 0 heterocycles. The molecule has 2 N–H and O–H groups in total. The fourth-order valence-corrected chi connectivity index (χ4v) is 1.24. The molecule has 80 valence electrons. The summed E-state index contributed by atoms with van der Waals surface area (Å²) in [6, 6.07) is 6.22. The van der Waals surface area contributed by atoms with Gasteiger partial charge in [-0.3, -0.25) is 5.43 Å². The first-order valence-electron chi connectivity index (χ1n) is 4.71. The van der Waals surface area contributed by atoms with E-state index < -0.39 is 0 Å². The van der Waals surface area contributed by atoms with E-state index in [1.54, 1.807) is 13.3 Å². The Morgan fingerprint density at radius 3 is 2.73 bits per heavy atom. The highest BCUT2D eigenvalue weighted by Gasteiger charge is 1.94. The Morgan fingerprint density at radius 2 is 2.13 bits per heavy atom. The second-order valence-electron chi connectivity index (χ2n) is 3.31. The topological polar surface area (TPSA) is 36.4 Å². The van der Waals surface area contributed by atoms with Gasteiger partial charge in [0.05, 0.1) is 6.21 Å². The first-order valence-corrected chi connectivity index (χ1v) is 5.12. The summed E-state index contributed by atoms with van der Waals surface area (Å²) in [5.74, 6) is 0. The van der Waals surface area contributed by atoms with Gasteiger partial charge in [0.2, 0.25) is 0 Å². The van der Waals surface area contributed by atoms with Crippen LogP contribution in [0.4, 0.5) is 0 Å². The van der Waals surface area contributed by atoms with Crippen LogP contribution in [0.15, 0.2) is 23.3 Å². The predicted octanol–water partition coefficient (Wildman–Crippen LogP) is 1.73. The maximum absolute atomic E-state index is 4.89. The minimum atomic E-state index is 0.510. The summed E-state index contributed by atoms with van der Waals surface area (Å²) in [4.78, 5) is 0. The highest BCUT2D eigenvalue weighted by molar-refractivity contribution is 7.80. The molecule has 15 heavy (non-hydrogen) atoms. The molecule has 3 nitrogen and oxygen atoms in total. The van der Waals surface area contributed by atoms with Crippen molar-refractivity contribution >= 4 is 23.5 Å². The van der Waals surface area contributed by atoms with Crippen LogP contribution in [0.3, 0.4) is 0 Å². The van der Waals surface area contributed by atoms with Gasteiger partial charge in [0.25, 0.3) is 0 Å². The summed E-state index contributed by atoms with van der Waals surface area (Å²) in [5.41, 5.74) is 6.26. The van der Waals surface area contributed by atoms with E-state index in [1.165, 1.54) is 11.1 Å². The van der Waals surface area contributed by atoms with Crippen molar-refractivity contribution in [1.82, 2.24) is 10.7 Å². The van der Waals surface area contributed by atoms with E-state index in [0.29, 0.717) is 5.11 Å². The summed E-state index contributed by atoms with van der Waals surface area (Å²) >= 11 is 4.89. The molecule has 0 amide bonds. The van der Waals surface area contributed by atoms with E-state index >= 15 is 0 Å². The molecule has 0 spiro atoms. The van der Waals surface area contributed by atoms with Crippen molar-refractivity contribution in [2.75, 3.05) is 7.05 Å². The zero-order chi connectivity index (χ0) is 11.3. The third kappa shape index (κ3) is 3.67. The molecule has 0 bridgehead atoms. The molecule has 4 heteroatoms. The normalized spacial score (nSPS) is 10.3. The number of hydrogen-bond acceptors (Lipinski definition) is 2. The van der Waals surface area contributed by atoms with E-state index in [-0.39, 0.29) is 0 Å². The quantitative estimate of drug-likeness (QED) is 0.453. The summed E-state index contributed by atoms with van der Waals surface area (Å²) in [6.07, 6.45) is 1.76. The number of nitrogens with one attached hydrogen (secondary N) is 2. The lowest BCUT2D eigenvalue weighted by atomic mass is 10.1. The van der Waals surface area contributed by atoms with Crippen molar-refractivity contribution in [1.29, 1.82) is 0 Å². The minimum absolute atomic E-state index is 0.510. The van der Waals surface area contributed by atoms with E-state index in [9.17, 15) is 0 Å². The second kappa shape index (κ2) is 5.46. The second-order valence-corrected chi connectivity index (χ2v) is 3.72. The largest absolute Gasteiger partial charge is 0.364 e. The Kier molecular flexibility index (Phi) is 4.24. The number of thiocarbonyl (C=S) groups is 1. The van der Waals surface area contributed by atoms with Gasteiger partial charge < -0.3 is 5.32 Å². The Labute approximate surface area is 95.6 Å². The Bertz CT molecular complexity index is 385. The standard InChI is InChI=1S/C11H15N3S/c1-8-4-5-10(9(2)6-8)7-13-14-11(15)12-3/h4-7H,1-3H3,(H2,12,14,15)/b13-7+. The molecular formula is C11H15N3S. The number of aryl methyl sites for hydroxylation is 2. The van der Waals surface area contributed by atoms with Crippen LogP contribution in [0.25, 0.3) is 0 Å². The molecule has 0 aliphatic heterocycles. The molecule has 1 aromatic rings. The molecular weight excluding hydrogens is 206 g/mol. The molecule has 0 unspecified atom stereocenters. The summed E-state index contributed by atoms with van der Waals surface area (Å²) < 4.78 is 0. The monoisotopic (exact) mass is 221 g/mol. The molecule has 0 aromatic heterocycles. The molecule has 0 atom stereocenters. The third-order valence-corrected chi connectivity index (χ3v) is 2.32. The van der Waals surface area contributed by atoms with Gasteiger partial charge in [-0.1, -0.05) is 23.8 Å². The van der Waals surface area contributed by atoms with Crippen LogP contribution >= 0.6 is 12.2 Å². The van der Waals surface area contributed by atoms with Gasteiger partial charge in [0.15, 0.2) is 5.11 Å². The fraction of sp³-hybridized carbons (Fsp3) is 0.273. The van der Waals surface area contributed by atoms with Gasteiger partial charge in [0, 0.05) is 7.05 Å². The molecule has 1 aromatic carbocycles. The minimum Gasteiger partial charge on any atom is -0.364 e. The van der Waals surface area contributed by atoms with Gasteiger partial charge in [-0.25, -0.2) is 0 Å². The van der Waals surface area contributed by atoms with Crippen molar-refractivity contribution in [2.24, 2.45) is 5.10 Å². The molecule has 0 radical (unpaired) electrons. The van der Waals surface area contributed by atoms with Crippen LogP contribution in [0.1, 0.15) is 16.7 Å². The van der Waals surface area contributed by atoms with Crippen molar-refractivity contribution in [3.63, 3.8) is 0 Å². The summed E-state index contributed by atoms with van der Waals surface area (Å²) in [7, 11) is 1.75. The lowest BCUT2D eigenvalue weighted by molar-refractivity contribution is 0.981. The van der Waals surface area contributed by atoms with Crippen molar-refractivity contribution in [3.8, 4) is 0 Å². The molecule has 0 aliphatic rings. The number of hydrazone groups is 1. The average Bonchev–Trinajstić information content (AvgIpc) is 2.21. The van der Waals surface area contributed by atoms with Crippen LogP contribution in [0, 0.1) is 13.8 Å². The highest BCUT2D eigenvalue weighted by Crippen LogP contribution is 2.07. The van der Waals surface area contributed by atoms with Gasteiger partial charge in [-0.15, -0.1) is 0 Å². The smallest absolute Gasteiger partial charge is 0.186 e. The molecule has 0 fully saturated rings. The zero-order valence-corrected chi connectivity index (χ0v) is 9.98. The zero-order valence-electron chi connectivity index (χ0n) is 9.16. The molecule has 0 aliphatic carbocycles.